The molecule has 1 aliphatic heterocycles. The standard InChI is InChI=1S/C12H16ClN3O3/c1-18-11(17)9-5-3-4-6-16(9)10-8(13)7-14-12(15-10)19-2/h7,9H,3-6H2,1-2H3. The number of rotatable bonds is 3. The minimum absolute atomic E-state index is 0.230. The van der Waals surface area contributed by atoms with E-state index < -0.39 is 0 Å². The predicted octanol–water partition coefficient (Wildman–Crippen LogP) is 1.67. The number of methoxy groups -OCH3 is 2. The van der Waals surface area contributed by atoms with Gasteiger partial charge >= 0.3 is 12.0 Å². The number of halogens is 1. The molecule has 0 saturated carbocycles. The summed E-state index contributed by atoms with van der Waals surface area (Å²) >= 11 is 6.13. The summed E-state index contributed by atoms with van der Waals surface area (Å²) in [6.45, 7) is 0.708. The molecule has 0 N–H and O–H groups in total. The zero-order valence-corrected chi connectivity index (χ0v) is 11.7. The molecule has 104 valence electrons. The minimum atomic E-state index is -0.351. The molecule has 1 aromatic rings. The van der Waals surface area contributed by atoms with Crippen molar-refractivity contribution in [2.75, 3.05) is 25.7 Å². The van der Waals surface area contributed by atoms with Crippen molar-refractivity contribution < 1.29 is 14.3 Å². The lowest BCUT2D eigenvalue weighted by atomic mass is 10.0. The second-order valence-corrected chi connectivity index (χ2v) is 4.66. The molecular weight excluding hydrogens is 270 g/mol. The summed E-state index contributed by atoms with van der Waals surface area (Å²) in [6.07, 6.45) is 4.17. The molecule has 2 rings (SSSR count). The number of ether oxygens (including phenoxy) is 2. The number of carbonyl (C=O) groups excluding carboxylic acids is 1. The SMILES string of the molecule is COC(=O)C1CCCCN1c1nc(OC)ncc1Cl. The number of anilines is 1. The van der Waals surface area contributed by atoms with E-state index in [0.717, 1.165) is 19.3 Å². The number of hydrogen-bond donors (Lipinski definition) is 0. The normalized spacial score (nSPS) is 19.1. The molecule has 7 heteroatoms. The van der Waals surface area contributed by atoms with Gasteiger partial charge in [-0.15, -0.1) is 0 Å². The zero-order valence-electron chi connectivity index (χ0n) is 10.9. The fourth-order valence-electron chi connectivity index (χ4n) is 2.21. The van der Waals surface area contributed by atoms with Gasteiger partial charge in [0.1, 0.15) is 11.1 Å². The number of esters is 1. The topological polar surface area (TPSA) is 64.5 Å². The summed E-state index contributed by atoms with van der Waals surface area (Å²) in [5, 5.41) is 0.400. The van der Waals surface area contributed by atoms with E-state index in [1.807, 2.05) is 4.90 Å². The van der Waals surface area contributed by atoms with Crippen molar-refractivity contribution in [1.82, 2.24) is 9.97 Å². The van der Waals surface area contributed by atoms with Crippen molar-refractivity contribution in [3.05, 3.63) is 11.2 Å². The van der Waals surface area contributed by atoms with Gasteiger partial charge in [0.05, 0.1) is 20.4 Å². The van der Waals surface area contributed by atoms with Gasteiger partial charge in [-0.1, -0.05) is 11.6 Å². The molecule has 2 heterocycles. The lowest BCUT2D eigenvalue weighted by molar-refractivity contribution is -0.142. The van der Waals surface area contributed by atoms with Gasteiger partial charge in [-0.05, 0) is 19.3 Å². The largest absolute Gasteiger partial charge is 0.467 e. The number of nitrogens with zero attached hydrogens (tertiary/aromatic N) is 3. The Hall–Kier alpha value is -1.56. The van der Waals surface area contributed by atoms with Crippen LogP contribution in [-0.4, -0.2) is 42.7 Å². The molecule has 1 unspecified atom stereocenters. The number of hydrogen-bond acceptors (Lipinski definition) is 6. The molecule has 1 saturated heterocycles. The van der Waals surface area contributed by atoms with Gasteiger partial charge in [-0.2, -0.15) is 4.98 Å². The average Bonchev–Trinajstić information content (AvgIpc) is 2.47. The Labute approximate surface area is 116 Å². The molecule has 1 aliphatic rings. The highest BCUT2D eigenvalue weighted by Crippen LogP contribution is 2.30. The maximum absolute atomic E-state index is 11.8. The van der Waals surface area contributed by atoms with Crippen LogP contribution in [0.5, 0.6) is 6.01 Å². The predicted molar refractivity (Wildman–Crippen MR) is 70.6 cm³/mol. The summed E-state index contributed by atoms with van der Waals surface area (Å²) in [4.78, 5) is 21.9. The van der Waals surface area contributed by atoms with Crippen LogP contribution in [0.3, 0.4) is 0 Å². The van der Waals surface area contributed by atoms with E-state index in [-0.39, 0.29) is 18.0 Å². The summed E-state index contributed by atoms with van der Waals surface area (Å²) in [7, 11) is 2.87. The third-order valence-corrected chi connectivity index (χ3v) is 3.40. The highest BCUT2D eigenvalue weighted by atomic mass is 35.5. The third-order valence-electron chi connectivity index (χ3n) is 3.13. The van der Waals surface area contributed by atoms with Crippen molar-refractivity contribution >= 4 is 23.4 Å². The van der Waals surface area contributed by atoms with Crippen molar-refractivity contribution in [1.29, 1.82) is 0 Å². The lowest BCUT2D eigenvalue weighted by Crippen LogP contribution is -2.46. The van der Waals surface area contributed by atoms with E-state index in [1.165, 1.54) is 20.4 Å². The Morgan fingerprint density at radius 1 is 1.47 bits per heavy atom. The quantitative estimate of drug-likeness (QED) is 0.787. The van der Waals surface area contributed by atoms with E-state index in [9.17, 15) is 4.79 Å². The molecule has 1 aromatic heterocycles. The van der Waals surface area contributed by atoms with Crippen LogP contribution in [0.4, 0.5) is 5.82 Å². The number of piperidine rings is 1. The molecule has 0 aromatic carbocycles. The Balaban J connectivity index is 2.34. The summed E-state index contributed by atoms with van der Waals surface area (Å²) in [5.41, 5.74) is 0. The molecule has 0 bridgehead atoms. The first-order chi connectivity index (χ1) is 9.17. The van der Waals surface area contributed by atoms with Crippen LogP contribution in [0.25, 0.3) is 0 Å². The van der Waals surface area contributed by atoms with E-state index in [0.29, 0.717) is 17.4 Å². The van der Waals surface area contributed by atoms with Crippen molar-refractivity contribution in [3.8, 4) is 6.01 Å². The van der Waals surface area contributed by atoms with Gasteiger partial charge in [0.15, 0.2) is 5.82 Å². The van der Waals surface area contributed by atoms with Crippen LogP contribution in [0, 0.1) is 0 Å². The minimum Gasteiger partial charge on any atom is -0.467 e. The van der Waals surface area contributed by atoms with Crippen LogP contribution in [-0.2, 0) is 9.53 Å². The zero-order chi connectivity index (χ0) is 13.8. The fourth-order valence-corrected chi connectivity index (χ4v) is 2.41. The maximum Gasteiger partial charge on any atom is 0.328 e. The molecule has 1 atom stereocenters. The summed E-state index contributed by atoms with van der Waals surface area (Å²) in [6, 6.07) is -0.121. The molecule has 19 heavy (non-hydrogen) atoms. The van der Waals surface area contributed by atoms with Crippen molar-refractivity contribution in [3.63, 3.8) is 0 Å². The van der Waals surface area contributed by atoms with Crippen LogP contribution < -0.4 is 9.64 Å². The maximum atomic E-state index is 11.8. The Morgan fingerprint density at radius 3 is 2.95 bits per heavy atom. The van der Waals surface area contributed by atoms with Gasteiger partial charge in [0.2, 0.25) is 0 Å². The smallest absolute Gasteiger partial charge is 0.328 e. The Bertz CT molecular complexity index is 470. The molecule has 0 aliphatic carbocycles. The molecule has 0 spiro atoms. The lowest BCUT2D eigenvalue weighted by Gasteiger charge is -2.34. The molecule has 1 fully saturated rings. The third kappa shape index (κ3) is 2.89. The Morgan fingerprint density at radius 2 is 2.26 bits per heavy atom. The fraction of sp³-hybridized carbons (Fsp3) is 0.583. The molecule has 0 amide bonds. The van der Waals surface area contributed by atoms with Crippen molar-refractivity contribution in [2.45, 2.75) is 25.3 Å². The van der Waals surface area contributed by atoms with Gasteiger partial charge < -0.3 is 14.4 Å². The van der Waals surface area contributed by atoms with Crippen LogP contribution >= 0.6 is 11.6 Å². The summed E-state index contributed by atoms with van der Waals surface area (Å²) in [5.74, 6) is 0.247. The molecule has 0 radical (unpaired) electrons. The molecule has 6 nitrogen and oxygen atoms in total. The van der Waals surface area contributed by atoms with E-state index in [4.69, 9.17) is 21.1 Å². The van der Waals surface area contributed by atoms with Crippen LogP contribution in [0.1, 0.15) is 19.3 Å². The average molecular weight is 286 g/mol. The van der Waals surface area contributed by atoms with E-state index in [1.54, 1.807) is 0 Å². The van der Waals surface area contributed by atoms with Crippen LogP contribution in [0.2, 0.25) is 5.02 Å². The van der Waals surface area contributed by atoms with Gasteiger partial charge in [-0.25, -0.2) is 9.78 Å². The monoisotopic (exact) mass is 285 g/mol. The second-order valence-electron chi connectivity index (χ2n) is 4.26. The van der Waals surface area contributed by atoms with Gasteiger partial charge in [0, 0.05) is 6.54 Å². The van der Waals surface area contributed by atoms with Crippen molar-refractivity contribution in [2.24, 2.45) is 0 Å². The first kappa shape index (κ1) is 13.9. The van der Waals surface area contributed by atoms with Gasteiger partial charge in [0.25, 0.3) is 0 Å². The van der Waals surface area contributed by atoms with E-state index in [2.05, 4.69) is 9.97 Å². The second kappa shape index (κ2) is 6.06. The van der Waals surface area contributed by atoms with Crippen LogP contribution in [0.15, 0.2) is 6.20 Å². The first-order valence-corrected chi connectivity index (χ1v) is 6.46. The Kier molecular flexibility index (Phi) is 4.42. The van der Waals surface area contributed by atoms with E-state index >= 15 is 0 Å². The number of aromatic nitrogens is 2. The number of carbonyl (C=O) groups is 1. The summed E-state index contributed by atoms with van der Waals surface area (Å²) < 4.78 is 9.84. The highest BCUT2D eigenvalue weighted by molar-refractivity contribution is 6.32. The van der Waals surface area contributed by atoms with Gasteiger partial charge in [-0.3, -0.25) is 0 Å². The highest BCUT2D eigenvalue weighted by Gasteiger charge is 2.32. The molecular formula is C12H16ClN3O3. The first-order valence-electron chi connectivity index (χ1n) is 6.08.